The molecule has 10 heteroatoms. The van der Waals surface area contributed by atoms with E-state index >= 15 is 0 Å². The Hall–Kier alpha value is -2.26. The predicted octanol–water partition coefficient (Wildman–Crippen LogP) is 3.76. The van der Waals surface area contributed by atoms with Gasteiger partial charge in [0.2, 0.25) is 15.9 Å². The number of rotatable bonds is 5. The van der Waals surface area contributed by atoms with Crippen LogP contribution in [-0.4, -0.2) is 27.1 Å². The second-order valence-electron chi connectivity index (χ2n) is 5.34. The van der Waals surface area contributed by atoms with Gasteiger partial charge in [-0.2, -0.15) is 13.2 Å². The average molecular weight is 407 g/mol. The third-order valence-corrected chi connectivity index (χ3v) is 4.67. The van der Waals surface area contributed by atoms with Gasteiger partial charge in [-0.25, -0.2) is 8.42 Å². The fourth-order valence-corrected chi connectivity index (χ4v) is 3.20. The molecule has 2 aromatic carbocycles. The number of nitrogens with zero attached hydrogens (tertiary/aromatic N) is 1. The van der Waals surface area contributed by atoms with Crippen LogP contribution in [-0.2, 0) is 21.0 Å². The zero-order chi connectivity index (χ0) is 19.5. The molecule has 0 spiro atoms. The normalized spacial score (nSPS) is 11.9. The number of sulfonamides is 1. The van der Waals surface area contributed by atoms with E-state index < -0.39 is 39.9 Å². The molecule has 1 amide bonds. The zero-order valence-corrected chi connectivity index (χ0v) is 15.0. The Bertz CT molecular complexity index is 903. The maximum atomic E-state index is 13.1. The van der Waals surface area contributed by atoms with Crippen LogP contribution in [0.25, 0.3) is 0 Å². The SMILES string of the molecule is CS(=O)(=O)N(CC(=O)Nc1ccc(Cl)cc1C(F)(F)F)c1ccccc1. The number of alkyl halides is 3. The van der Waals surface area contributed by atoms with E-state index in [0.29, 0.717) is 6.07 Å². The van der Waals surface area contributed by atoms with Crippen molar-refractivity contribution in [3.05, 3.63) is 59.1 Å². The minimum Gasteiger partial charge on any atom is -0.324 e. The molecule has 140 valence electrons. The first-order valence-corrected chi connectivity index (χ1v) is 9.40. The number of amides is 1. The number of benzene rings is 2. The van der Waals surface area contributed by atoms with Crippen LogP contribution in [0.3, 0.4) is 0 Å². The van der Waals surface area contributed by atoms with E-state index in [2.05, 4.69) is 5.32 Å². The van der Waals surface area contributed by atoms with E-state index in [4.69, 9.17) is 11.6 Å². The second kappa shape index (κ2) is 7.55. The molecule has 0 radical (unpaired) electrons. The lowest BCUT2D eigenvalue weighted by molar-refractivity contribution is -0.137. The highest BCUT2D eigenvalue weighted by molar-refractivity contribution is 7.92. The van der Waals surface area contributed by atoms with Gasteiger partial charge in [0.25, 0.3) is 0 Å². The fourth-order valence-electron chi connectivity index (χ4n) is 2.17. The Labute approximate surface area is 153 Å². The number of anilines is 2. The van der Waals surface area contributed by atoms with E-state index in [1.165, 1.54) is 18.2 Å². The summed E-state index contributed by atoms with van der Waals surface area (Å²) in [5.74, 6) is -0.924. The molecule has 0 unspecified atom stereocenters. The number of carbonyl (C=O) groups excluding carboxylic acids is 1. The van der Waals surface area contributed by atoms with Crippen molar-refractivity contribution >= 4 is 38.9 Å². The molecule has 0 aliphatic heterocycles. The lowest BCUT2D eigenvalue weighted by Gasteiger charge is -2.22. The van der Waals surface area contributed by atoms with Gasteiger partial charge in [0.15, 0.2) is 0 Å². The fraction of sp³-hybridized carbons (Fsp3) is 0.188. The molecule has 1 N–H and O–H groups in total. The van der Waals surface area contributed by atoms with Crippen LogP contribution in [0.1, 0.15) is 5.56 Å². The summed E-state index contributed by atoms with van der Waals surface area (Å²) in [6, 6.07) is 10.6. The first-order chi connectivity index (χ1) is 12.0. The zero-order valence-electron chi connectivity index (χ0n) is 13.4. The molecule has 2 rings (SSSR count). The summed E-state index contributed by atoms with van der Waals surface area (Å²) in [6.07, 6.45) is -3.83. The summed E-state index contributed by atoms with van der Waals surface area (Å²) in [6.45, 7) is -0.678. The molecular weight excluding hydrogens is 393 g/mol. The molecule has 0 heterocycles. The average Bonchev–Trinajstić information content (AvgIpc) is 2.53. The first kappa shape index (κ1) is 20.1. The lowest BCUT2D eigenvalue weighted by atomic mass is 10.1. The van der Waals surface area contributed by atoms with E-state index in [9.17, 15) is 26.4 Å². The van der Waals surface area contributed by atoms with Crippen molar-refractivity contribution in [3.63, 3.8) is 0 Å². The molecule has 0 aliphatic rings. The van der Waals surface area contributed by atoms with Crippen molar-refractivity contribution in [2.75, 3.05) is 22.4 Å². The summed E-state index contributed by atoms with van der Waals surface area (Å²) in [4.78, 5) is 12.2. The van der Waals surface area contributed by atoms with Gasteiger partial charge in [-0.15, -0.1) is 0 Å². The highest BCUT2D eigenvalue weighted by Gasteiger charge is 2.34. The summed E-state index contributed by atoms with van der Waals surface area (Å²) in [5, 5.41) is 1.95. The molecule has 0 aliphatic carbocycles. The van der Waals surface area contributed by atoms with Crippen molar-refractivity contribution in [2.24, 2.45) is 0 Å². The minimum atomic E-state index is -4.73. The molecule has 0 saturated carbocycles. The molecule has 26 heavy (non-hydrogen) atoms. The van der Waals surface area contributed by atoms with E-state index in [1.54, 1.807) is 18.2 Å². The van der Waals surface area contributed by atoms with Crippen LogP contribution >= 0.6 is 11.6 Å². The maximum Gasteiger partial charge on any atom is 0.418 e. The van der Waals surface area contributed by atoms with Gasteiger partial charge in [-0.05, 0) is 30.3 Å². The number of para-hydroxylation sites is 1. The molecule has 0 fully saturated rings. The van der Waals surface area contributed by atoms with Gasteiger partial charge >= 0.3 is 6.18 Å². The van der Waals surface area contributed by atoms with Gasteiger partial charge in [0.05, 0.1) is 23.2 Å². The monoisotopic (exact) mass is 406 g/mol. The predicted molar refractivity (Wildman–Crippen MR) is 93.7 cm³/mol. The van der Waals surface area contributed by atoms with Gasteiger partial charge < -0.3 is 5.32 Å². The summed E-state index contributed by atoms with van der Waals surface area (Å²) in [5.41, 5.74) is -1.41. The topological polar surface area (TPSA) is 66.5 Å². The second-order valence-corrected chi connectivity index (χ2v) is 7.68. The Morgan fingerprint density at radius 2 is 1.77 bits per heavy atom. The number of halogens is 4. The molecule has 0 atom stereocenters. The third kappa shape index (κ3) is 5.12. The summed E-state index contributed by atoms with van der Waals surface area (Å²) in [7, 11) is -3.82. The van der Waals surface area contributed by atoms with Crippen molar-refractivity contribution in [1.82, 2.24) is 0 Å². The molecule has 0 aromatic heterocycles. The van der Waals surface area contributed by atoms with Gasteiger partial charge in [-0.3, -0.25) is 9.10 Å². The standard InChI is InChI=1S/C16H14ClF3N2O3S/c1-26(24,25)22(12-5-3-2-4-6-12)10-15(23)21-14-8-7-11(17)9-13(14)16(18,19)20/h2-9H,10H2,1H3,(H,21,23). The molecule has 2 aromatic rings. The third-order valence-electron chi connectivity index (χ3n) is 3.29. The largest absolute Gasteiger partial charge is 0.418 e. The van der Waals surface area contributed by atoms with Crippen LogP contribution in [0.4, 0.5) is 24.5 Å². The molecule has 0 bridgehead atoms. The Kier molecular flexibility index (Phi) is 5.82. The van der Waals surface area contributed by atoms with Crippen molar-refractivity contribution in [3.8, 4) is 0 Å². The Morgan fingerprint density at radius 3 is 2.31 bits per heavy atom. The summed E-state index contributed by atoms with van der Waals surface area (Å²) < 4.78 is 63.9. The van der Waals surface area contributed by atoms with E-state index in [1.807, 2.05) is 0 Å². The van der Waals surface area contributed by atoms with E-state index in [0.717, 1.165) is 16.6 Å². The van der Waals surface area contributed by atoms with Crippen molar-refractivity contribution in [2.45, 2.75) is 6.18 Å². The molecular formula is C16H14ClF3N2O3S. The van der Waals surface area contributed by atoms with Crippen LogP contribution in [0.15, 0.2) is 48.5 Å². The summed E-state index contributed by atoms with van der Waals surface area (Å²) >= 11 is 5.58. The van der Waals surface area contributed by atoms with Gasteiger partial charge in [0.1, 0.15) is 6.54 Å². The Balaban J connectivity index is 2.28. The minimum absolute atomic E-state index is 0.141. The van der Waals surface area contributed by atoms with Crippen LogP contribution in [0.5, 0.6) is 0 Å². The van der Waals surface area contributed by atoms with Crippen LogP contribution < -0.4 is 9.62 Å². The number of hydrogen-bond donors (Lipinski definition) is 1. The molecule has 0 saturated heterocycles. The smallest absolute Gasteiger partial charge is 0.324 e. The van der Waals surface area contributed by atoms with Gasteiger partial charge in [-0.1, -0.05) is 29.8 Å². The van der Waals surface area contributed by atoms with Crippen molar-refractivity contribution < 1.29 is 26.4 Å². The van der Waals surface area contributed by atoms with E-state index in [-0.39, 0.29) is 10.7 Å². The number of carbonyl (C=O) groups is 1. The highest BCUT2D eigenvalue weighted by atomic mass is 35.5. The number of hydrogen-bond acceptors (Lipinski definition) is 3. The lowest BCUT2D eigenvalue weighted by Crippen LogP contribution is -2.37. The first-order valence-electron chi connectivity index (χ1n) is 7.18. The molecule has 5 nitrogen and oxygen atoms in total. The Morgan fingerprint density at radius 1 is 1.15 bits per heavy atom. The van der Waals surface area contributed by atoms with Crippen molar-refractivity contribution in [1.29, 1.82) is 0 Å². The highest BCUT2D eigenvalue weighted by Crippen LogP contribution is 2.36. The quantitative estimate of drug-likeness (QED) is 0.822. The van der Waals surface area contributed by atoms with Gasteiger partial charge in [0, 0.05) is 5.02 Å². The van der Waals surface area contributed by atoms with Crippen LogP contribution in [0.2, 0.25) is 5.02 Å². The van der Waals surface area contributed by atoms with Crippen LogP contribution in [0, 0.1) is 0 Å². The maximum absolute atomic E-state index is 13.1. The number of nitrogens with one attached hydrogen (secondary N) is 1.